The fraction of sp³-hybridized carbons (Fsp3) is 0.500. The predicted octanol–water partition coefficient (Wildman–Crippen LogP) is 4.05. The van der Waals surface area contributed by atoms with E-state index in [1.54, 1.807) is 6.08 Å². The van der Waals surface area contributed by atoms with Gasteiger partial charge in [-0.05, 0) is 37.8 Å². The summed E-state index contributed by atoms with van der Waals surface area (Å²) in [4.78, 5) is 25.2. The molecule has 1 aliphatic rings. The highest BCUT2D eigenvalue weighted by molar-refractivity contribution is 7.99. The van der Waals surface area contributed by atoms with Gasteiger partial charge >= 0.3 is 0 Å². The number of amides is 2. The molecule has 0 aliphatic heterocycles. The van der Waals surface area contributed by atoms with Gasteiger partial charge in [-0.25, -0.2) is 0 Å². The molecular weight excluding hydrogens is 422 g/mol. The van der Waals surface area contributed by atoms with Crippen molar-refractivity contribution in [1.29, 1.82) is 0 Å². The zero-order valence-electron chi connectivity index (χ0n) is 19.1. The van der Waals surface area contributed by atoms with Crippen LogP contribution in [0, 0.1) is 12.8 Å². The molecule has 172 valence electrons. The van der Waals surface area contributed by atoms with Gasteiger partial charge in [-0.15, -0.1) is 16.8 Å². The summed E-state index contributed by atoms with van der Waals surface area (Å²) in [6.07, 6.45) is 6.25. The first-order chi connectivity index (χ1) is 15.4. The molecule has 1 atom stereocenters. The van der Waals surface area contributed by atoms with Crippen LogP contribution in [0.1, 0.15) is 67.3 Å². The molecule has 0 unspecified atom stereocenters. The van der Waals surface area contributed by atoms with Crippen molar-refractivity contribution in [3.8, 4) is 0 Å². The number of rotatable bonds is 10. The summed E-state index contributed by atoms with van der Waals surface area (Å²) in [6, 6.07) is 7.46. The fourth-order valence-corrected chi connectivity index (χ4v) is 4.63. The first-order valence-corrected chi connectivity index (χ1v) is 12.2. The normalized spacial score (nSPS) is 15.0. The Morgan fingerprint density at radius 2 is 1.91 bits per heavy atom. The first-order valence-electron chi connectivity index (χ1n) is 11.2. The van der Waals surface area contributed by atoms with E-state index in [0.29, 0.717) is 29.1 Å². The second kappa shape index (κ2) is 11.3. The predicted molar refractivity (Wildman–Crippen MR) is 128 cm³/mol. The van der Waals surface area contributed by atoms with Gasteiger partial charge < -0.3 is 15.2 Å². The average molecular weight is 456 g/mol. The third-order valence-corrected chi connectivity index (χ3v) is 6.62. The Balaban J connectivity index is 1.72. The zero-order valence-corrected chi connectivity index (χ0v) is 20.0. The molecule has 2 amide bonds. The topological polar surface area (TPSA) is 88.9 Å². The fourth-order valence-electron chi connectivity index (χ4n) is 3.87. The number of carbonyl (C=O) groups excluding carboxylic acids is 2. The van der Waals surface area contributed by atoms with Crippen LogP contribution in [-0.4, -0.2) is 38.4 Å². The molecule has 8 heteroatoms. The van der Waals surface area contributed by atoms with E-state index in [1.807, 2.05) is 49.6 Å². The number of aromatic nitrogens is 3. The number of carbonyl (C=O) groups is 2. The minimum atomic E-state index is -0.321. The van der Waals surface area contributed by atoms with Gasteiger partial charge in [0.05, 0.1) is 11.8 Å². The van der Waals surface area contributed by atoms with Gasteiger partial charge in [0.25, 0.3) is 5.91 Å². The quantitative estimate of drug-likeness (QED) is 0.417. The molecule has 1 saturated carbocycles. The van der Waals surface area contributed by atoms with Gasteiger partial charge in [-0.1, -0.05) is 62.2 Å². The van der Waals surface area contributed by atoms with E-state index in [9.17, 15) is 9.59 Å². The molecule has 32 heavy (non-hydrogen) atoms. The third-order valence-electron chi connectivity index (χ3n) is 5.65. The second-order valence-electron chi connectivity index (χ2n) is 8.64. The Kier molecular flexibility index (Phi) is 8.50. The number of hydrogen-bond acceptors (Lipinski definition) is 5. The van der Waals surface area contributed by atoms with Crippen LogP contribution in [0.25, 0.3) is 0 Å². The van der Waals surface area contributed by atoms with Crippen molar-refractivity contribution in [3.05, 3.63) is 53.9 Å². The van der Waals surface area contributed by atoms with Crippen LogP contribution in [0.2, 0.25) is 0 Å². The lowest BCUT2D eigenvalue weighted by atomic mass is 10.0. The van der Waals surface area contributed by atoms with Crippen LogP contribution in [0.4, 0.5) is 0 Å². The van der Waals surface area contributed by atoms with Crippen molar-refractivity contribution in [2.24, 2.45) is 5.92 Å². The zero-order chi connectivity index (χ0) is 23.1. The Morgan fingerprint density at radius 3 is 2.53 bits per heavy atom. The minimum Gasteiger partial charge on any atom is -0.353 e. The maximum atomic E-state index is 12.9. The molecule has 2 N–H and O–H groups in total. The molecule has 0 saturated heterocycles. The van der Waals surface area contributed by atoms with Gasteiger partial charge in [0, 0.05) is 18.2 Å². The number of nitrogens with one attached hydrogen (secondary N) is 2. The van der Waals surface area contributed by atoms with E-state index in [2.05, 4.69) is 27.4 Å². The summed E-state index contributed by atoms with van der Waals surface area (Å²) in [5.74, 6) is 0.917. The van der Waals surface area contributed by atoms with Crippen LogP contribution in [0.15, 0.2) is 42.1 Å². The highest BCUT2D eigenvalue weighted by Crippen LogP contribution is 2.26. The molecular formula is C24H33N5O2S. The summed E-state index contributed by atoms with van der Waals surface area (Å²) >= 11 is 1.36. The number of aryl methyl sites for hydroxylation is 1. The van der Waals surface area contributed by atoms with E-state index in [1.165, 1.54) is 24.6 Å². The van der Waals surface area contributed by atoms with Crippen molar-refractivity contribution < 1.29 is 9.59 Å². The van der Waals surface area contributed by atoms with Crippen LogP contribution < -0.4 is 10.6 Å². The van der Waals surface area contributed by atoms with E-state index >= 15 is 0 Å². The third kappa shape index (κ3) is 6.22. The van der Waals surface area contributed by atoms with Crippen LogP contribution >= 0.6 is 11.8 Å². The smallest absolute Gasteiger partial charge is 0.251 e. The number of thioether (sulfide) groups is 1. The van der Waals surface area contributed by atoms with Crippen molar-refractivity contribution in [1.82, 2.24) is 25.4 Å². The van der Waals surface area contributed by atoms with Gasteiger partial charge in [0.15, 0.2) is 11.0 Å². The Morgan fingerprint density at radius 1 is 1.22 bits per heavy atom. The molecule has 1 aromatic carbocycles. The van der Waals surface area contributed by atoms with Crippen molar-refractivity contribution >= 4 is 23.6 Å². The van der Waals surface area contributed by atoms with Crippen LogP contribution in [0.3, 0.4) is 0 Å². The molecule has 1 aromatic heterocycles. The largest absolute Gasteiger partial charge is 0.353 e. The lowest BCUT2D eigenvalue weighted by Gasteiger charge is -2.22. The maximum absolute atomic E-state index is 12.9. The van der Waals surface area contributed by atoms with Crippen LogP contribution in [0.5, 0.6) is 0 Å². The molecule has 7 nitrogen and oxygen atoms in total. The number of allylic oxidation sites excluding steroid dienone is 1. The summed E-state index contributed by atoms with van der Waals surface area (Å²) in [5.41, 5.74) is 1.71. The average Bonchev–Trinajstić information content (AvgIpc) is 3.41. The monoisotopic (exact) mass is 455 g/mol. The molecule has 3 rings (SSSR count). The molecule has 1 fully saturated rings. The Bertz CT molecular complexity index is 932. The lowest BCUT2D eigenvalue weighted by Crippen LogP contribution is -2.34. The Hall–Kier alpha value is -2.61. The Labute approximate surface area is 194 Å². The molecule has 0 radical (unpaired) electrons. The van der Waals surface area contributed by atoms with Gasteiger partial charge in [-0.3, -0.25) is 9.59 Å². The summed E-state index contributed by atoms with van der Waals surface area (Å²) in [7, 11) is 0. The van der Waals surface area contributed by atoms with E-state index in [4.69, 9.17) is 0 Å². The van der Waals surface area contributed by atoms with E-state index in [0.717, 1.165) is 18.4 Å². The van der Waals surface area contributed by atoms with Crippen LogP contribution in [-0.2, 0) is 11.3 Å². The molecule has 1 heterocycles. The van der Waals surface area contributed by atoms with Crippen molar-refractivity contribution in [2.75, 3.05) is 5.75 Å². The highest BCUT2D eigenvalue weighted by Gasteiger charge is 2.26. The minimum absolute atomic E-state index is 0.0182. The van der Waals surface area contributed by atoms with Gasteiger partial charge in [0.2, 0.25) is 5.91 Å². The molecule has 0 spiro atoms. The van der Waals surface area contributed by atoms with Crippen molar-refractivity contribution in [3.63, 3.8) is 0 Å². The summed E-state index contributed by atoms with van der Waals surface area (Å²) in [6.45, 7) is 10.4. The standard InChI is InChI=1S/C24H33N5O2S/c1-5-14-29-22(21(16(2)3)26-23(31)18-12-10-17(4)11-13-18)27-28-24(29)32-15-20(30)25-19-8-6-7-9-19/h5,10-13,16,19,21H,1,6-9,14-15H2,2-4H3,(H,25,30)(H,26,31)/t21-/m0/s1. The SMILES string of the molecule is C=CCn1c(SCC(=O)NC2CCCC2)nnc1[C@@H](NC(=O)c1ccc(C)cc1)C(C)C. The van der Waals surface area contributed by atoms with Gasteiger partial charge in [-0.2, -0.15) is 0 Å². The molecule has 0 bridgehead atoms. The summed E-state index contributed by atoms with van der Waals surface area (Å²) < 4.78 is 1.93. The van der Waals surface area contributed by atoms with Crippen molar-refractivity contribution in [2.45, 2.75) is 70.2 Å². The number of nitrogens with zero attached hydrogens (tertiary/aromatic N) is 3. The number of hydrogen-bond donors (Lipinski definition) is 2. The van der Waals surface area contributed by atoms with E-state index in [-0.39, 0.29) is 29.5 Å². The maximum Gasteiger partial charge on any atom is 0.251 e. The molecule has 1 aliphatic carbocycles. The number of benzene rings is 1. The highest BCUT2D eigenvalue weighted by atomic mass is 32.2. The second-order valence-corrected chi connectivity index (χ2v) is 9.58. The molecule has 2 aromatic rings. The van der Waals surface area contributed by atoms with Gasteiger partial charge in [0.1, 0.15) is 0 Å². The first kappa shape index (κ1) is 24.0. The van der Waals surface area contributed by atoms with E-state index < -0.39 is 0 Å². The summed E-state index contributed by atoms with van der Waals surface area (Å²) in [5, 5.41) is 15.6. The lowest BCUT2D eigenvalue weighted by molar-refractivity contribution is -0.119.